The maximum atomic E-state index is 5.95. The number of hydrogen-bond acceptors (Lipinski definition) is 2. The van der Waals surface area contributed by atoms with Crippen LogP contribution in [0.15, 0.2) is 78.9 Å². The quantitative estimate of drug-likeness (QED) is 0.223. The van der Waals surface area contributed by atoms with Gasteiger partial charge in [0.1, 0.15) is 18.5 Å². The smallest absolute Gasteiger partial charge is 0.119 e. The summed E-state index contributed by atoms with van der Waals surface area (Å²) < 4.78 is 11.2. The first kappa shape index (κ1) is 34.4. The predicted molar refractivity (Wildman–Crippen MR) is 171 cm³/mol. The standard InChI is InChI=1S/C29H32O2.4C2H6/c1-22-12-14-25(15-13-22)29(23-8-4-2-5-9-23,24-10-6-3-7-11-24)26-16-18-27(19-17-26)30-20-28-21-31-28;4*1-2/h2,4-5,8-9,12-19,24,28H,3,6-7,10-11,20-21H2,1H3;4*1-2H3. The topological polar surface area (TPSA) is 21.8 Å². The van der Waals surface area contributed by atoms with Crippen LogP contribution in [0.25, 0.3) is 0 Å². The van der Waals surface area contributed by atoms with Gasteiger partial charge in [0.05, 0.1) is 6.61 Å². The second kappa shape index (κ2) is 19.5. The molecule has 0 N–H and O–H groups in total. The molecule has 1 aliphatic carbocycles. The molecule has 3 aromatic carbocycles. The number of rotatable bonds is 7. The van der Waals surface area contributed by atoms with E-state index in [-0.39, 0.29) is 11.5 Å². The Bertz CT molecular complexity index is 968. The lowest BCUT2D eigenvalue weighted by Crippen LogP contribution is -2.39. The zero-order valence-corrected chi connectivity index (χ0v) is 26.4. The third-order valence-electron chi connectivity index (χ3n) is 7.10. The van der Waals surface area contributed by atoms with Gasteiger partial charge < -0.3 is 9.47 Å². The van der Waals surface area contributed by atoms with Crippen molar-refractivity contribution < 1.29 is 9.47 Å². The summed E-state index contributed by atoms with van der Waals surface area (Å²) in [6, 6.07) is 29.3. The Labute approximate surface area is 241 Å². The van der Waals surface area contributed by atoms with Crippen molar-refractivity contribution in [2.75, 3.05) is 13.2 Å². The van der Waals surface area contributed by atoms with Gasteiger partial charge in [-0.2, -0.15) is 0 Å². The number of aryl methyl sites for hydroxylation is 1. The molecule has 2 fully saturated rings. The van der Waals surface area contributed by atoms with Crippen molar-refractivity contribution in [3.63, 3.8) is 0 Å². The predicted octanol–water partition coefficient (Wildman–Crippen LogP) is 10.8. The molecule has 2 heteroatoms. The average molecular weight is 533 g/mol. The minimum absolute atomic E-state index is 0.145. The zero-order chi connectivity index (χ0) is 29.1. The van der Waals surface area contributed by atoms with Crippen molar-refractivity contribution in [1.82, 2.24) is 0 Å². The van der Waals surface area contributed by atoms with Crippen LogP contribution in [0, 0.1) is 12.8 Å². The first-order valence-electron chi connectivity index (χ1n) is 15.7. The highest BCUT2D eigenvalue weighted by atomic mass is 16.6. The van der Waals surface area contributed by atoms with E-state index in [2.05, 4.69) is 85.8 Å². The lowest BCUT2D eigenvalue weighted by atomic mass is 9.58. The van der Waals surface area contributed by atoms with Crippen LogP contribution in [0.3, 0.4) is 0 Å². The van der Waals surface area contributed by atoms with Crippen LogP contribution in [0.2, 0.25) is 0 Å². The fourth-order valence-electron chi connectivity index (χ4n) is 5.43. The Hall–Kier alpha value is -2.58. The minimum Gasteiger partial charge on any atom is -0.491 e. The third kappa shape index (κ3) is 9.24. The summed E-state index contributed by atoms with van der Waals surface area (Å²) in [6.45, 7) is 19.6. The van der Waals surface area contributed by atoms with E-state index in [1.54, 1.807) is 0 Å². The minimum atomic E-state index is -0.145. The molecule has 0 amide bonds. The molecule has 2 atom stereocenters. The van der Waals surface area contributed by atoms with E-state index in [4.69, 9.17) is 9.47 Å². The van der Waals surface area contributed by atoms with E-state index in [1.807, 2.05) is 55.4 Å². The molecule has 5 rings (SSSR count). The number of epoxide rings is 1. The van der Waals surface area contributed by atoms with Gasteiger partial charge in [-0.1, -0.05) is 147 Å². The number of hydrogen-bond donors (Lipinski definition) is 0. The molecule has 0 radical (unpaired) electrons. The van der Waals surface area contributed by atoms with Gasteiger partial charge in [-0.15, -0.1) is 0 Å². The second-order valence-corrected chi connectivity index (χ2v) is 9.17. The van der Waals surface area contributed by atoms with Gasteiger partial charge >= 0.3 is 0 Å². The lowest BCUT2D eigenvalue weighted by Gasteiger charge is -2.44. The molecule has 0 aromatic heterocycles. The first-order valence-corrected chi connectivity index (χ1v) is 15.7. The molecule has 1 saturated heterocycles. The molecule has 3 aromatic rings. The second-order valence-electron chi connectivity index (χ2n) is 9.17. The summed E-state index contributed by atoms with van der Waals surface area (Å²) in [5.41, 5.74) is 5.32. The molecule has 1 saturated carbocycles. The van der Waals surface area contributed by atoms with E-state index in [1.165, 1.54) is 54.4 Å². The average Bonchev–Trinajstić information content (AvgIpc) is 3.88. The normalized spacial score (nSPS) is 17.1. The summed E-state index contributed by atoms with van der Waals surface area (Å²) in [5, 5.41) is 0. The summed E-state index contributed by atoms with van der Waals surface area (Å²) in [7, 11) is 0. The zero-order valence-electron chi connectivity index (χ0n) is 26.4. The Morgan fingerprint density at radius 2 is 1.10 bits per heavy atom. The Morgan fingerprint density at radius 3 is 1.59 bits per heavy atom. The van der Waals surface area contributed by atoms with Gasteiger partial charge in [0, 0.05) is 5.41 Å². The molecule has 0 spiro atoms. The van der Waals surface area contributed by atoms with Crippen LogP contribution >= 0.6 is 0 Å². The maximum Gasteiger partial charge on any atom is 0.119 e. The molecule has 1 heterocycles. The van der Waals surface area contributed by atoms with Crippen molar-refractivity contribution in [3.05, 3.63) is 101 Å². The van der Waals surface area contributed by atoms with Gasteiger partial charge in [-0.3, -0.25) is 0 Å². The molecule has 2 unspecified atom stereocenters. The summed E-state index contributed by atoms with van der Waals surface area (Å²) >= 11 is 0. The maximum absolute atomic E-state index is 5.95. The van der Waals surface area contributed by atoms with Crippen molar-refractivity contribution in [1.29, 1.82) is 0 Å². The monoisotopic (exact) mass is 532 g/mol. The fourth-order valence-corrected chi connectivity index (χ4v) is 5.43. The lowest BCUT2D eigenvalue weighted by molar-refractivity contribution is 0.261. The van der Waals surface area contributed by atoms with Crippen LogP contribution < -0.4 is 4.74 Å². The molecule has 0 bridgehead atoms. The van der Waals surface area contributed by atoms with E-state index >= 15 is 0 Å². The van der Waals surface area contributed by atoms with Crippen LogP contribution in [0.4, 0.5) is 0 Å². The molecular weight excluding hydrogens is 476 g/mol. The largest absolute Gasteiger partial charge is 0.491 e. The summed E-state index contributed by atoms with van der Waals surface area (Å²) in [5.74, 6) is 1.51. The van der Waals surface area contributed by atoms with Crippen LogP contribution in [-0.4, -0.2) is 19.3 Å². The van der Waals surface area contributed by atoms with E-state index in [9.17, 15) is 0 Å². The van der Waals surface area contributed by atoms with Crippen molar-refractivity contribution >= 4 is 0 Å². The Kier molecular flexibility index (Phi) is 17.2. The highest BCUT2D eigenvalue weighted by molar-refractivity contribution is 5.52. The Morgan fingerprint density at radius 1 is 0.641 bits per heavy atom. The van der Waals surface area contributed by atoms with E-state index in [0.29, 0.717) is 12.5 Å². The van der Waals surface area contributed by atoms with Gasteiger partial charge in [0.2, 0.25) is 0 Å². The van der Waals surface area contributed by atoms with Gasteiger partial charge in [0.25, 0.3) is 0 Å². The molecule has 39 heavy (non-hydrogen) atoms. The highest BCUT2D eigenvalue weighted by Gasteiger charge is 2.43. The third-order valence-corrected chi connectivity index (χ3v) is 7.10. The Balaban J connectivity index is 0.000000874. The van der Waals surface area contributed by atoms with Crippen molar-refractivity contribution in [2.24, 2.45) is 5.92 Å². The fraction of sp³-hybridized carbons (Fsp3) is 0.514. The SMILES string of the molecule is CC.CC.CC.CC.Cc1ccc(C(c2ccccc2)(c2ccc(OCC3CO3)cc2)C2CCCCC2)cc1. The summed E-state index contributed by atoms with van der Waals surface area (Å²) in [6.07, 6.45) is 6.78. The van der Waals surface area contributed by atoms with Crippen LogP contribution in [0.5, 0.6) is 5.75 Å². The first-order chi connectivity index (χ1) is 19.3. The molecule has 2 aliphatic rings. The molecular formula is C37H56O2. The summed E-state index contributed by atoms with van der Waals surface area (Å²) in [4.78, 5) is 0. The van der Waals surface area contributed by atoms with Gasteiger partial charge in [-0.05, 0) is 54.5 Å². The number of benzene rings is 3. The van der Waals surface area contributed by atoms with Gasteiger partial charge in [-0.25, -0.2) is 0 Å². The molecule has 216 valence electrons. The number of ether oxygens (including phenoxy) is 2. The van der Waals surface area contributed by atoms with Crippen molar-refractivity contribution in [2.45, 2.75) is 106 Å². The van der Waals surface area contributed by atoms with Crippen molar-refractivity contribution in [3.8, 4) is 5.75 Å². The van der Waals surface area contributed by atoms with Gasteiger partial charge in [0.15, 0.2) is 0 Å². The van der Waals surface area contributed by atoms with E-state index in [0.717, 1.165) is 12.4 Å². The molecule has 1 aliphatic heterocycles. The van der Waals surface area contributed by atoms with Crippen LogP contribution in [-0.2, 0) is 10.2 Å². The van der Waals surface area contributed by atoms with E-state index < -0.39 is 0 Å². The molecule has 2 nitrogen and oxygen atoms in total. The van der Waals surface area contributed by atoms with Crippen LogP contribution in [0.1, 0.15) is 110 Å². The highest BCUT2D eigenvalue weighted by Crippen LogP contribution is 2.50.